The first-order valence-electron chi connectivity index (χ1n) is 21.6. The van der Waals surface area contributed by atoms with Crippen LogP contribution in [0.4, 0.5) is 0 Å². The van der Waals surface area contributed by atoms with Crippen molar-refractivity contribution in [2.24, 2.45) is 27.6 Å². The SMILES string of the molecule is CCCCc1cc(C(C)(C)C)c[cH-]1.C[C-]1C2=C3Cc4ccccc4C3=C3C=CCCC3C2(C)C(C)(C)C(C)(C)C1(C)C.Clc1ccc([C](=[Zr+2])c2ccc(Cl)cc2)cc1.[Cl-].[Cl-]. The molecule has 1 saturated carbocycles. The van der Waals surface area contributed by atoms with Crippen molar-refractivity contribution in [3.8, 4) is 0 Å². The normalized spacial score (nSPS) is 21.4. The van der Waals surface area contributed by atoms with E-state index in [-0.39, 0.29) is 46.5 Å². The van der Waals surface area contributed by atoms with Crippen molar-refractivity contribution >= 4 is 32.0 Å². The van der Waals surface area contributed by atoms with Gasteiger partial charge < -0.3 is 24.8 Å². The van der Waals surface area contributed by atoms with Gasteiger partial charge in [-0.1, -0.05) is 166 Å². The maximum atomic E-state index is 5.86. The van der Waals surface area contributed by atoms with Crippen molar-refractivity contribution < 1.29 is 49.0 Å². The predicted octanol–water partition coefficient (Wildman–Crippen LogP) is 10.1. The minimum atomic E-state index is 0. The molecule has 0 radical (unpaired) electrons. The van der Waals surface area contributed by atoms with E-state index in [9.17, 15) is 0 Å². The Balaban J connectivity index is 0.000000218. The van der Waals surface area contributed by atoms with Crippen LogP contribution in [0.5, 0.6) is 0 Å². The summed E-state index contributed by atoms with van der Waals surface area (Å²) >= 11 is 13.1. The van der Waals surface area contributed by atoms with Gasteiger partial charge in [-0.05, 0) is 40.6 Å². The van der Waals surface area contributed by atoms with Crippen molar-refractivity contribution in [1.29, 1.82) is 0 Å². The Kier molecular flexibility index (Phi) is 16.4. The van der Waals surface area contributed by atoms with E-state index in [2.05, 4.69) is 138 Å². The van der Waals surface area contributed by atoms with Crippen LogP contribution in [0.2, 0.25) is 10.0 Å². The van der Waals surface area contributed by atoms with Crippen LogP contribution in [0, 0.1) is 33.5 Å². The number of rotatable bonds is 5. The van der Waals surface area contributed by atoms with Crippen LogP contribution in [0.1, 0.15) is 142 Å². The van der Waals surface area contributed by atoms with Gasteiger partial charge in [-0.2, -0.15) is 34.4 Å². The van der Waals surface area contributed by atoms with E-state index in [0.29, 0.717) is 11.3 Å². The van der Waals surface area contributed by atoms with Crippen LogP contribution in [0.25, 0.3) is 5.57 Å². The van der Waals surface area contributed by atoms with Crippen LogP contribution in [-0.4, -0.2) is 3.21 Å². The fourth-order valence-electron chi connectivity index (χ4n) is 10.5. The number of halogens is 4. The average molecular weight is 960 g/mol. The summed E-state index contributed by atoms with van der Waals surface area (Å²) in [5.41, 5.74) is 16.0. The molecule has 4 aliphatic rings. The molecule has 0 bridgehead atoms. The fraction of sp³-hybridized carbons (Fsp3) is 0.436. The zero-order valence-electron chi connectivity index (χ0n) is 38.1. The smallest absolute Gasteiger partial charge is 1.00 e. The molecule has 0 amide bonds. The molecule has 0 aromatic heterocycles. The summed E-state index contributed by atoms with van der Waals surface area (Å²) in [6.45, 7) is 29.3. The number of benzene rings is 3. The minimum Gasteiger partial charge on any atom is -1.00 e. The third-order valence-electron chi connectivity index (χ3n) is 15.6. The molecule has 1 fully saturated rings. The molecule has 8 rings (SSSR count). The quantitative estimate of drug-likeness (QED) is 0.175. The molecule has 0 spiro atoms. The molecular weight excluding hydrogens is 894 g/mol. The summed E-state index contributed by atoms with van der Waals surface area (Å²) in [6, 6.07) is 31.9. The number of hydrogen-bond donors (Lipinski definition) is 0. The molecule has 4 aliphatic carbocycles. The van der Waals surface area contributed by atoms with E-state index in [4.69, 9.17) is 23.2 Å². The van der Waals surface area contributed by atoms with Gasteiger partial charge in [-0.3, -0.25) is 0 Å². The molecule has 2 unspecified atom stereocenters. The van der Waals surface area contributed by atoms with E-state index in [0.717, 1.165) is 16.5 Å². The zero-order valence-corrected chi connectivity index (χ0v) is 43.6. The number of aryl methyl sites for hydroxylation is 1. The summed E-state index contributed by atoms with van der Waals surface area (Å²) in [5.74, 6) is 2.24. The fourth-order valence-corrected chi connectivity index (χ4v) is 11.5. The third kappa shape index (κ3) is 9.16. The van der Waals surface area contributed by atoms with E-state index in [1.807, 2.05) is 48.5 Å². The van der Waals surface area contributed by atoms with Crippen molar-refractivity contribution in [2.75, 3.05) is 0 Å². The number of unbranched alkanes of at least 4 members (excludes halogenated alkanes) is 1. The number of allylic oxidation sites excluding steroid dienone is 6. The largest absolute Gasteiger partial charge is 1.00 e. The van der Waals surface area contributed by atoms with E-state index in [1.165, 1.54) is 92.9 Å². The summed E-state index contributed by atoms with van der Waals surface area (Å²) in [4.78, 5) is 0. The summed E-state index contributed by atoms with van der Waals surface area (Å²) in [5, 5.41) is 1.53. The maximum absolute atomic E-state index is 5.86. The first-order chi connectivity index (χ1) is 27.2. The molecule has 2 atom stereocenters. The molecular formula is C55H66Cl4Zr-2. The summed E-state index contributed by atoms with van der Waals surface area (Å²) in [6.07, 6.45) is 12.3. The Hall–Kier alpha value is -1.99. The van der Waals surface area contributed by atoms with Crippen LogP contribution < -0.4 is 24.8 Å². The Bertz CT molecular complexity index is 2170. The van der Waals surface area contributed by atoms with Gasteiger partial charge in [0.1, 0.15) is 0 Å². The van der Waals surface area contributed by atoms with Gasteiger partial charge in [0, 0.05) is 0 Å². The molecule has 0 saturated heterocycles. The van der Waals surface area contributed by atoms with Crippen LogP contribution in [-0.2, 0) is 42.5 Å². The Labute approximate surface area is 401 Å². The monoisotopic (exact) mass is 956 g/mol. The molecule has 0 aliphatic heterocycles. The first kappa shape index (κ1) is 50.7. The van der Waals surface area contributed by atoms with Crippen LogP contribution >= 0.6 is 23.2 Å². The second kappa shape index (κ2) is 19.4. The zero-order chi connectivity index (χ0) is 42.4. The molecule has 5 heteroatoms. The van der Waals surface area contributed by atoms with Gasteiger partial charge in [0.05, 0.1) is 0 Å². The molecule has 4 aromatic carbocycles. The van der Waals surface area contributed by atoms with Gasteiger partial charge in [0.2, 0.25) is 0 Å². The maximum Gasteiger partial charge on any atom is -1.00 e. The molecule has 60 heavy (non-hydrogen) atoms. The van der Waals surface area contributed by atoms with Crippen LogP contribution in [0.3, 0.4) is 0 Å². The van der Waals surface area contributed by atoms with E-state index >= 15 is 0 Å². The Morgan fingerprint density at radius 3 is 1.93 bits per heavy atom. The van der Waals surface area contributed by atoms with Gasteiger partial charge in [-0.15, -0.1) is 6.92 Å². The third-order valence-corrected chi connectivity index (χ3v) is 17.5. The topological polar surface area (TPSA) is 0 Å². The van der Waals surface area contributed by atoms with Crippen molar-refractivity contribution in [3.63, 3.8) is 0 Å². The second-order valence-corrected chi connectivity index (χ2v) is 22.1. The van der Waals surface area contributed by atoms with E-state index < -0.39 is 0 Å². The summed E-state index contributed by atoms with van der Waals surface area (Å²) < 4.78 is 1.31. The van der Waals surface area contributed by atoms with E-state index in [1.54, 1.807) is 28.2 Å². The minimum absolute atomic E-state index is 0. The van der Waals surface area contributed by atoms with Crippen LogP contribution in [0.15, 0.2) is 120 Å². The molecule has 4 aromatic rings. The standard InChI is InChI=1S/C29H37.C13H8Cl2.C13H21.2ClH.Zr/c1-18-25-22-17-19-13-9-10-14-20(19)24(22)21-15-11-12-16-23(21)29(25,8)28(6,7)27(4,5)26(18,2)3;14-12-5-1-10(2-6-12)9-11-3-7-13(15)8-4-11;1-5-6-7-11-8-9-12(10-11)13(2,3)4;;;/h9-11,13-15,23H,12,16-17H2,1-8H3;1-8H;8-10H,5-7H2,1-4H3;2*1H;/q-1;;-1;;;+2/p-2. The summed E-state index contributed by atoms with van der Waals surface area (Å²) in [7, 11) is 0. The van der Waals surface area contributed by atoms with Gasteiger partial charge in [0.15, 0.2) is 0 Å². The Morgan fingerprint density at radius 2 is 1.40 bits per heavy atom. The predicted molar refractivity (Wildman–Crippen MR) is 250 cm³/mol. The van der Waals surface area contributed by atoms with Crippen molar-refractivity contribution in [1.82, 2.24) is 0 Å². The van der Waals surface area contributed by atoms with Gasteiger partial charge in [-0.25, -0.2) is 12.0 Å². The number of hydrogen-bond acceptors (Lipinski definition) is 0. The molecule has 0 heterocycles. The molecule has 0 nitrogen and oxygen atoms in total. The van der Waals surface area contributed by atoms with Gasteiger partial charge >= 0.3 is 120 Å². The average Bonchev–Trinajstić information content (AvgIpc) is 3.83. The number of fused-ring (bicyclic) bond motifs is 6. The molecule has 320 valence electrons. The van der Waals surface area contributed by atoms with Crippen molar-refractivity contribution in [2.45, 2.75) is 127 Å². The van der Waals surface area contributed by atoms with Crippen molar-refractivity contribution in [3.05, 3.63) is 169 Å². The first-order valence-corrected chi connectivity index (χ1v) is 23.6. The van der Waals surface area contributed by atoms with Gasteiger partial charge in [0.25, 0.3) is 0 Å². The second-order valence-electron chi connectivity index (χ2n) is 20.0. The Morgan fingerprint density at radius 1 is 0.833 bits per heavy atom. The molecule has 0 N–H and O–H groups in total.